The maximum atomic E-state index is 5.73. The van der Waals surface area contributed by atoms with Crippen LogP contribution in [0.2, 0.25) is 0 Å². The van der Waals surface area contributed by atoms with Crippen LogP contribution >= 0.6 is 23.4 Å². The largest absolute Gasteiger partial charge is 0.155 e. The van der Waals surface area contributed by atoms with E-state index in [2.05, 4.69) is 18.7 Å². The van der Waals surface area contributed by atoms with Crippen LogP contribution in [-0.2, 0) is 0 Å². The summed E-state index contributed by atoms with van der Waals surface area (Å²) in [5.74, 6) is 0.820. The SMILES string of the molecule is CC(CCCl)SC1CCCCCC1. The maximum absolute atomic E-state index is 5.73. The van der Waals surface area contributed by atoms with E-state index in [1.54, 1.807) is 0 Å². The van der Waals surface area contributed by atoms with Crippen molar-refractivity contribution in [1.82, 2.24) is 0 Å². The van der Waals surface area contributed by atoms with Crippen LogP contribution in [-0.4, -0.2) is 16.4 Å². The summed E-state index contributed by atoms with van der Waals surface area (Å²) in [5.41, 5.74) is 0. The summed E-state index contributed by atoms with van der Waals surface area (Å²) in [6.07, 6.45) is 9.87. The molecule has 13 heavy (non-hydrogen) atoms. The third-order valence-electron chi connectivity index (χ3n) is 2.74. The lowest BCUT2D eigenvalue weighted by atomic mass is 10.2. The first-order chi connectivity index (χ1) is 6.33. The molecule has 0 radical (unpaired) electrons. The summed E-state index contributed by atoms with van der Waals surface area (Å²) in [7, 11) is 0. The van der Waals surface area contributed by atoms with Crippen LogP contribution < -0.4 is 0 Å². The Kier molecular flexibility index (Phi) is 6.31. The smallest absolute Gasteiger partial charge is 0.0233 e. The molecule has 1 atom stereocenters. The van der Waals surface area contributed by atoms with E-state index in [4.69, 9.17) is 11.6 Å². The van der Waals surface area contributed by atoms with Gasteiger partial charge in [-0.2, -0.15) is 11.8 Å². The van der Waals surface area contributed by atoms with Crippen molar-refractivity contribution in [3.8, 4) is 0 Å². The van der Waals surface area contributed by atoms with Gasteiger partial charge in [0.25, 0.3) is 0 Å². The first kappa shape index (κ1) is 11.7. The molecule has 0 aromatic heterocycles. The van der Waals surface area contributed by atoms with Crippen LogP contribution in [0.1, 0.15) is 51.9 Å². The average Bonchev–Trinajstić information content (AvgIpc) is 2.33. The van der Waals surface area contributed by atoms with Crippen molar-refractivity contribution in [3.05, 3.63) is 0 Å². The lowest BCUT2D eigenvalue weighted by molar-refractivity contribution is 0.702. The van der Waals surface area contributed by atoms with Gasteiger partial charge in [-0.25, -0.2) is 0 Å². The third kappa shape index (κ3) is 5.17. The Labute approximate surface area is 91.8 Å². The van der Waals surface area contributed by atoms with E-state index in [1.165, 1.54) is 44.9 Å². The second-order valence-electron chi connectivity index (χ2n) is 4.04. The van der Waals surface area contributed by atoms with Crippen LogP contribution in [0.5, 0.6) is 0 Å². The summed E-state index contributed by atoms with van der Waals surface area (Å²) in [6.45, 7) is 2.32. The monoisotopic (exact) mass is 220 g/mol. The molecule has 1 saturated carbocycles. The van der Waals surface area contributed by atoms with Gasteiger partial charge in [0.05, 0.1) is 0 Å². The highest BCUT2D eigenvalue weighted by Crippen LogP contribution is 2.31. The summed E-state index contributed by atoms with van der Waals surface area (Å²) in [5, 5.41) is 1.70. The molecule has 0 aromatic carbocycles. The Morgan fingerprint density at radius 3 is 2.38 bits per heavy atom. The average molecular weight is 221 g/mol. The Balaban J connectivity index is 2.17. The molecule has 0 amide bonds. The number of hydrogen-bond acceptors (Lipinski definition) is 1. The van der Waals surface area contributed by atoms with E-state index in [9.17, 15) is 0 Å². The quantitative estimate of drug-likeness (QED) is 0.498. The van der Waals surface area contributed by atoms with Crippen LogP contribution in [0.25, 0.3) is 0 Å². The Hall–Kier alpha value is 0.640. The van der Waals surface area contributed by atoms with Crippen molar-refractivity contribution in [2.24, 2.45) is 0 Å². The van der Waals surface area contributed by atoms with Gasteiger partial charge in [0.1, 0.15) is 0 Å². The van der Waals surface area contributed by atoms with Gasteiger partial charge in [-0.1, -0.05) is 32.6 Å². The van der Waals surface area contributed by atoms with Gasteiger partial charge < -0.3 is 0 Å². The minimum atomic E-state index is 0.764. The van der Waals surface area contributed by atoms with Crippen molar-refractivity contribution in [3.63, 3.8) is 0 Å². The fourth-order valence-electron chi connectivity index (χ4n) is 1.93. The fourth-order valence-corrected chi connectivity index (χ4v) is 3.90. The van der Waals surface area contributed by atoms with Gasteiger partial charge in [-0.05, 0) is 19.3 Å². The van der Waals surface area contributed by atoms with E-state index in [0.717, 1.165) is 16.4 Å². The Bertz CT molecular complexity index is 119. The molecule has 0 saturated heterocycles. The molecule has 1 fully saturated rings. The van der Waals surface area contributed by atoms with Gasteiger partial charge in [0, 0.05) is 16.4 Å². The van der Waals surface area contributed by atoms with Crippen LogP contribution in [0, 0.1) is 0 Å². The molecule has 2 heteroatoms. The van der Waals surface area contributed by atoms with Gasteiger partial charge in [-0.3, -0.25) is 0 Å². The number of rotatable bonds is 4. The highest BCUT2D eigenvalue weighted by molar-refractivity contribution is 8.00. The topological polar surface area (TPSA) is 0 Å². The summed E-state index contributed by atoms with van der Waals surface area (Å²) < 4.78 is 0. The van der Waals surface area contributed by atoms with Crippen molar-refractivity contribution < 1.29 is 0 Å². The molecule has 0 aliphatic heterocycles. The molecule has 1 aliphatic rings. The molecular formula is C11H21ClS. The Morgan fingerprint density at radius 2 is 1.85 bits per heavy atom. The van der Waals surface area contributed by atoms with Crippen molar-refractivity contribution >= 4 is 23.4 Å². The fraction of sp³-hybridized carbons (Fsp3) is 1.00. The molecular weight excluding hydrogens is 200 g/mol. The Morgan fingerprint density at radius 1 is 1.23 bits per heavy atom. The van der Waals surface area contributed by atoms with Gasteiger partial charge in [-0.15, -0.1) is 11.6 Å². The van der Waals surface area contributed by atoms with Gasteiger partial charge in [0.15, 0.2) is 0 Å². The minimum absolute atomic E-state index is 0.764. The van der Waals surface area contributed by atoms with E-state index in [-0.39, 0.29) is 0 Å². The van der Waals surface area contributed by atoms with Gasteiger partial charge >= 0.3 is 0 Å². The van der Waals surface area contributed by atoms with E-state index >= 15 is 0 Å². The molecule has 78 valence electrons. The zero-order chi connectivity index (χ0) is 9.52. The van der Waals surface area contributed by atoms with Crippen molar-refractivity contribution in [2.45, 2.75) is 62.4 Å². The summed E-state index contributed by atoms with van der Waals surface area (Å²) in [6, 6.07) is 0. The predicted molar refractivity (Wildman–Crippen MR) is 63.9 cm³/mol. The van der Waals surface area contributed by atoms with Crippen LogP contribution in [0.3, 0.4) is 0 Å². The number of hydrogen-bond donors (Lipinski definition) is 0. The van der Waals surface area contributed by atoms with E-state index < -0.39 is 0 Å². The van der Waals surface area contributed by atoms with Crippen molar-refractivity contribution in [2.75, 3.05) is 5.88 Å². The summed E-state index contributed by atoms with van der Waals surface area (Å²) >= 11 is 7.91. The van der Waals surface area contributed by atoms with Crippen molar-refractivity contribution in [1.29, 1.82) is 0 Å². The molecule has 0 bridgehead atoms. The number of alkyl halides is 1. The van der Waals surface area contributed by atoms with Crippen LogP contribution in [0.15, 0.2) is 0 Å². The highest BCUT2D eigenvalue weighted by atomic mass is 35.5. The molecule has 1 rings (SSSR count). The summed E-state index contributed by atoms with van der Waals surface area (Å²) in [4.78, 5) is 0. The van der Waals surface area contributed by atoms with Crippen LogP contribution in [0.4, 0.5) is 0 Å². The third-order valence-corrected chi connectivity index (χ3v) is 4.52. The minimum Gasteiger partial charge on any atom is -0.155 e. The first-order valence-corrected chi connectivity index (χ1v) is 7.02. The molecule has 0 aromatic rings. The maximum Gasteiger partial charge on any atom is 0.0233 e. The van der Waals surface area contributed by atoms with Gasteiger partial charge in [0.2, 0.25) is 0 Å². The molecule has 0 heterocycles. The lowest BCUT2D eigenvalue weighted by Gasteiger charge is -2.18. The second kappa shape index (κ2) is 7.00. The molecule has 1 aliphatic carbocycles. The number of halogens is 1. The standard InChI is InChI=1S/C11H21ClS/c1-10(8-9-12)13-11-6-4-2-3-5-7-11/h10-11H,2-9H2,1H3. The molecule has 0 N–H and O–H groups in total. The van der Waals surface area contributed by atoms with E-state index in [0.29, 0.717) is 0 Å². The van der Waals surface area contributed by atoms with E-state index in [1.807, 2.05) is 0 Å². The number of thioether (sulfide) groups is 1. The zero-order valence-electron chi connectivity index (χ0n) is 8.60. The first-order valence-electron chi connectivity index (χ1n) is 5.54. The molecule has 0 nitrogen and oxygen atoms in total. The second-order valence-corrected chi connectivity index (χ2v) is 6.16. The molecule has 1 unspecified atom stereocenters. The normalized spacial score (nSPS) is 22.6. The lowest BCUT2D eigenvalue weighted by Crippen LogP contribution is -2.08. The zero-order valence-corrected chi connectivity index (χ0v) is 10.2. The molecule has 0 spiro atoms. The highest BCUT2D eigenvalue weighted by Gasteiger charge is 2.15. The predicted octanol–water partition coefficient (Wildman–Crippen LogP) is 4.46.